The van der Waals surface area contributed by atoms with Gasteiger partial charge in [0.05, 0.1) is 17.6 Å². The van der Waals surface area contributed by atoms with Crippen LogP contribution >= 0.6 is 0 Å². The van der Waals surface area contributed by atoms with E-state index in [1.807, 2.05) is 30.3 Å². The Balaban J connectivity index is 1.44. The van der Waals surface area contributed by atoms with Gasteiger partial charge in [0, 0.05) is 11.9 Å². The number of aromatic nitrogens is 2. The molecule has 0 bridgehead atoms. The normalized spacial score (nSPS) is 11.2. The molecule has 0 saturated heterocycles. The zero-order chi connectivity index (χ0) is 22.1. The van der Waals surface area contributed by atoms with Crippen molar-refractivity contribution in [1.82, 2.24) is 14.9 Å². The lowest BCUT2D eigenvalue weighted by atomic mass is 10.1. The molecular weight excluding hydrogens is 402 g/mol. The number of rotatable bonds is 5. The average Bonchev–Trinajstić information content (AvgIpc) is 3.16. The summed E-state index contributed by atoms with van der Waals surface area (Å²) in [5.41, 5.74) is 3.96. The minimum atomic E-state index is -0.658. The molecule has 3 aromatic carbocycles. The molecule has 6 heteroatoms. The van der Waals surface area contributed by atoms with E-state index in [4.69, 9.17) is 9.40 Å². The van der Waals surface area contributed by atoms with Crippen LogP contribution < -0.4 is 10.9 Å². The number of aryl methyl sites for hydroxylation is 1. The van der Waals surface area contributed by atoms with Gasteiger partial charge in [-0.1, -0.05) is 60.2 Å². The lowest BCUT2D eigenvalue weighted by Gasteiger charge is -2.11. The molecule has 158 valence electrons. The molecule has 6 nitrogen and oxygen atoms in total. The van der Waals surface area contributed by atoms with Crippen LogP contribution in [0.25, 0.3) is 22.0 Å². The summed E-state index contributed by atoms with van der Waals surface area (Å²) in [4.78, 5) is 29.8. The van der Waals surface area contributed by atoms with Gasteiger partial charge in [-0.05, 0) is 36.8 Å². The number of hydrogen-bond acceptors (Lipinski definition) is 4. The van der Waals surface area contributed by atoms with E-state index in [1.54, 1.807) is 24.3 Å². The Labute approximate surface area is 184 Å². The largest absolute Gasteiger partial charge is 0.422 e. The number of amides is 1. The Morgan fingerprint density at radius 3 is 2.59 bits per heavy atom. The molecule has 0 fully saturated rings. The molecular formula is C26H21N3O3. The smallest absolute Gasteiger partial charge is 0.349 e. The summed E-state index contributed by atoms with van der Waals surface area (Å²) in [5.74, 6) is 0.226. The molecule has 1 N–H and O–H groups in total. The van der Waals surface area contributed by atoms with Crippen molar-refractivity contribution >= 4 is 27.9 Å². The first-order chi connectivity index (χ1) is 15.6. The van der Waals surface area contributed by atoms with Crippen molar-refractivity contribution in [3.8, 4) is 0 Å². The van der Waals surface area contributed by atoms with Crippen LogP contribution in [0.15, 0.2) is 88.1 Å². The van der Waals surface area contributed by atoms with Crippen molar-refractivity contribution in [2.24, 2.45) is 0 Å². The number of imidazole rings is 1. The minimum absolute atomic E-state index is 0.0232. The number of benzene rings is 3. The molecule has 0 aliphatic heterocycles. The van der Waals surface area contributed by atoms with E-state index >= 15 is 0 Å². The van der Waals surface area contributed by atoms with Gasteiger partial charge >= 0.3 is 5.63 Å². The van der Waals surface area contributed by atoms with Crippen LogP contribution in [0.3, 0.4) is 0 Å². The fraction of sp³-hybridized carbons (Fsp3) is 0.115. The predicted molar refractivity (Wildman–Crippen MR) is 124 cm³/mol. The van der Waals surface area contributed by atoms with Gasteiger partial charge < -0.3 is 14.3 Å². The number of carbonyl (C=O) groups is 1. The standard InChI is InChI=1S/C26H21N3O3/c1-17-10-12-18(13-11-17)16-29-22-8-4-3-7-21(22)28-24(29)15-27-25(30)20-14-19-6-2-5-9-23(19)32-26(20)31/h2-14H,15-16H2,1H3,(H,27,30). The van der Waals surface area contributed by atoms with Crippen molar-refractivity contribution in [1.29, 1.82) is 0 Å². The van der Waals surface area contributed by atoms with Gasteiger partial charge in [-0.15, -0.1) is 0 Å². The molecule has 5 aromatic rings. The lowest BCUT2D eigenvalue weighted by Crippen LogP contribution is -2.29. The number of fused-ring (bicyclic) bond motifs is 2. The highest BCUT2D eigenvalue weighted by atomic mass is 16.4. The highest BCUT2D eigenvalue weighted by molar-refractivity contribution is 5.96. The average molecular weight is 423 g/mol. The van der Waals surface area contributed by atoms with Crippen LogP contribution in [0.4, 0.5) is 0 Å². The number of carbonyl (C=O) groups excluding carboxylic acids is 1. The fourth-order valence-electron chi connectivity index (χ4n) is 3.79. The summed E-state index contributed by atoms with van der Waals surface area (Å²) in [6.07, 6.45) is 0. The zero-order valence-electron chi connectivity index (χ0n) is 17.5. The number of para-hydroxylation sites is 3. The van der Waals surface area contributed by atoms with Gasteiger partial charge in [-0.25, -0.2) is 9.78 Å². The van der Waals surface area contributed by atoms with E-state index in [2.05, 4.69) is 41.1 Å². The van der Waals surface area contributed by atoms with Crippen LogP contribution in [-0.4, -0.2) is 15.5 Å². The van der Waals surface area contributed by atoms with Gasteiger partial charge in [-0.3, -0.25) is 4.79 Å². The Bertz CT molecular complexity index is 1500. The van der Waals surface area contributed by atoms with E-state index < -0.39 is 11.5 Å². The third-order valence-corrected chi connectivity index (χ3v) is 5.49. The van der Waals surface area contributed by atoms with Crippen LogP contribution in [0.2, 0.25) is 0 Å². The summed E-state index contributed by atoms with van der Waals surface area (Å²) in [7, 11) is 0. The van der Waals surface area contributed by atoms with Crippen molar-refractivity contribution in [3.05, 3.63) is 112 Å². The first-order valence-corrected chi connectivity index (χ1v) is 10.4. The van der Waals surface area contributed by atoms with Crippen LogP contribution in [0.1, 0.15) is 27.3 Å². The Morgan fingerprint density at radius 2 is 1.75 bits per heavy atom. The number of hydrogen-bond donors (Lipinski definition) is 1. The molecule has 0 atom stereocenters. The molecule has 0 aliphatic rings. The maximum Gasteiger partial charge on any atom is 0.349 e. The molecule has 5 rings (SSSR count). The maximum atomic E-state index is 12.8. The Kier molecular flexibility index (Phi) is 5.03. The molecule has 0 radical (unpaired) electrons. The van der Waals surface area contributed by atoms with Gasteiger partial charge in [0.2, 0.25) is 0 Å². The van der Waals surface area contributed by atoms with Crippen LogP contribution in [-0.2, 0) is 13.1 Å². The zero-order valence-corrected chi connectivity index (χ0v) is 17.5. The third-order valence-electron chi connectivity index (χ3n) is 5.49. The van der Waals surface area contributed by atoms with Gasteiger partial charge in [-0.2, -0.15) is 0 Å². The Morgan fingerprint density at radius 1 is 1.00 bits per heavy atom. The summed E-state index contributed by atoms with van der Waals surface area (Å²) in [6, 6.07) is 24.9. The molecule has 0 saturated carbocycles. The van der Waals surface area contributed by atoms with Crippen molar-refractivity contribution in [2.45, 2.75) is 20.0 Å². The summed E-state index contributed by atoms with van der Waals surface area (Å²) >= 11 is 0. The van der Waals surface area contributed by atoms with E-state index in [1.165, 1.54) is 5.56 Å². The maximum absolute atomic E-state index is 12.8. The fourth-order valence-corrected chi connectivity index (χ4v) is 3.79. The summed E-state index contributed by atoms with van der Waals surface area (Å²) < 4.78 is 7.38. The van der Waals surface area contributed by atoms with Crippen molar-refractivity contribution in [3.63, 3.8) is 0 Å². The molecule has 1 amide bonds. The van der Waals surface area contributed by atoms with E-state index in [0.29, 0.717) is 23.3 Å². The monoisotopic (exact) mass is 423 g/mol. The number of nitrogens with one attached hydrogen (secondary N) is 1. The van der Waals surface area contributed by atoms with Crippen molar-refractivity contribution in [2.75, 3.05) is 0 Å². The third kappa shape index (κ3) is 3.78. The van der Waals surface area contributed by atoms with Gasteiger partial charge in [0.25, 0.3) is 5.91 Å². The van der Waals surface area contributed by atoms with Crippen molar-refractivity contribution < 1.29 is 9.21 Å². The quantitative estimate of drug-likeness (QED) is 0.424. The second-order valence-corrected chi connectivity index (χ2v) is 7.76. The summed E-state index contributed by atoms with van der Waals surface area (Å²) in [6.45, 7) is 2.87. The molecule has 32 heavy (non-hydrogen) atoms. The van der Waals surface area contributed by atoms with Crippen LogP contribution in [0, 0.1) is 6.92 Å². The minimum Gasteiger partial charge on any atom is -0.422 e. The second-order valence-electron chi connectivity index (χ2n) is 7.76. The van der Waals surface area contributed by atoms with Crippen LogP contribution in [0.5, 0.6) is 0 Å². The molecule has 2 aromatic heterocycles. The molecule has 2 heterocycles. The highest BCUT2D eigenvalue weighted by Gasteiger charge is 2.16. The summed E-state index contributed by atoms with van der Waals surface area (Å²) in [5, 5.41) is 3.53. The van der Waals surface area contributed by atoms with Gasteiger partial charge in [0.1, 0.15) is 17.0 Å². The lowest BCUT2D eigenvalue weighted by molar-refractivity contribution is 0.0946. The molecule has 0 unspecified atom stereocenters. The molecule has 0 aliphatic carbocycles. The molecule has 0 spiro atoms. The topological polar surface area (TPSA) is 77.1 Å². The second kappa shape index (κ2) is 8.15. The number of nitrogens with zero attached hydrogens (tertiary/aromatic N) is 2. The first-order valence-electron chi connectivity index (χ1n) is 10.4. The first kappa shape index (κ1) is 19.8. The highest BCUT2D eigenvalue weighted by Crippen LogP contribution is 2.19. The van der Waals surface area contributed by atoms with E-state index in [-0.39, 0.29) is 12.1 Å². The van der Waals surface area contributed by atoms with E-state index in [0.717, 1.165) is 16.6 Å². The SMILES string of the molecule is Cc1ccc(Cn2c(CNC(=O)c3cc4ccccc4oc3=O)nc3ccccc32)cc1. The predicted octanol–water partition coefficient (Wildman–Crippen LogP) is 4.43. The van der Waals surface area contributed by atoms with E-state index in [9.17, 15) is 9.59 Å². The Hall–Kier alpha value is -4.19. The van der Waals surface area contributed by atoms with Gasteiger partial charge in [0.15, 0.2) is 0 Å².